The first kappa shape index (κ1) is 56.3. The molecule has 0 unspecified atom stereocenters. The van der Waals surface area contributed by atoms with Crippen LogP contribution in [-0.4, -0.2) is 133 Å². The molecule has 2 heterocycles. The molecule has 0 aliphatic carbocycles. The van der Waals surface area contributed by atoms with E-state index >= 15 is 0 Å². The molecule has 2 aromatic heterocycles. The second-order valence-corrected chi connectivity index (χ2v) is 18.5. The number of para-hydroxylation sites is 2. The van der Waals surface area contributed by atoms with Crippen LogP contribution >= 0.6 is 25.3 Å². The molecule has 5 rings (SSSR count). The number of carbonyl (C=O) groups excluding carboxylic acids is 8. The van der Waals surface area contributed by atoms with Gasteiger partial charge in [0, 0.05) is 65.0 Å². The molecular weight excluding hydrogens is 983 g/mol. The minimum absolute atomic E-state index is 0.0156. The molecule has 5 aromatic rings. The summed E-state index contributed by atoms with van der Waals surface area (Å²) in [7, 11) is 0. The van der Waals surface area contributed by atoms with E-state index in [1.54, 1.807) is 50.5 Å². The smallest absolute Gasteiger partial charge is 0.305 e. The molecule has 8 atom stereocenters. The van der Waals surface area contributed by atoms with E-state index in [0.29, 0.717) is 27.6 Å². The summed E-state index contributed by atoms with van der Waals surface area (Å²) in [6.45, 7) is 4.51. The van der Waals surface area contributed by atoms with E-state index in [1.165, 1.54) is 31.2 Å². The highest BCUT2D eigenvalue weighted by Gasteiger charge is 2.36. The second kappa shape index (κ2) is 26.2. The number of aromatic hydroxyl groups is 1. The lowest BCUT2D eigenvalue weighted by Gasteiger charge is -2.28. The average Bonchev–Trinajstić information content (AvgIpc) is 3.97. The molecule has 0 saturated heterocycles. The summed E-state index contributed by atoms with van der Waals surface area (Å²) in [6, 6.07) is 9.39. The molecular formula is C49H61N11O11S2. The van der Waals surface area contributed by atoms with Crippen LogP contribution in [0.1, 0.15) is 43.9 Å². The van der Waals surface area contributed by atoms with Crippen LogP contribution < -0.4 is 48.7 Å². The number of nitrogens with one attached hydrogen (secondary N) is 9. The molecule has 22 nitrogen and oxygen atoms in total. The molecule has 0 radical (unpaired) electrons. The standard InChI is InChI=1S/C49H61N11O11S2/c1-24(2)41(60-47(69)37(18-28-21-53-34-11-7-5-9-31(28)34)58-46(68)38(19-40(62)63)56-43(65)25(3)54-44(66)32(50)22-72)49(71)59-39(23-73)48(70)57-36(16-26-12-14-29(61)15-13-26)45(67)55-35(42(51)64)17-27-20-52-33-10-6-4-8-30(27)33/h4-15,20-21,24-25,32,35-39,41,52-53,61,72-73H,16-19,22-23,50H2,1-3H3,(H2,51,64)(H,54,66)(H,55,67)(H,56,65)(H,57,70)(H,58,68)(H,59,71)(H,60,69)(H,62,63)/t25-,32-,35-,36-,37-,38-,39-,41-/m0/s1. The number of carboxylic acids is 1. The first-order valence-corrected chi connectivity index (χ1v) is 24.4. The van der Waals surface area contributed by atoms with E-state index in [9.17, 15) is 53.4 Å². The van der Waals surface area contributed by atoms with Crippen LogP contribution in [0.15, 0.2) is 85.2 Å². The van der Waals surface area contributed by atoms with Crippen LogP contribution in [0.25, 0.3) is 21.8 Å². The molecule has 390 valence electrons. The summed E-state index contributed by atoms with van der Waals surface area (Å²) in [4.78, 5) is 127. The van der Waals surface area contributed by atoms with Crippen LogP contribution in [0, 0.1) is 5.92 Å². The van der Waals surface area contributed by atoms with Gasteiger partial charge in [0.25, 0.3) is 0 Å². The van der Waals surface area contributed by atoms with E-state index in [0.717, 1.165) is 10.9 Å². The Hall–Kier alpha value is -7.57. The monoisotopic (exact) mass is 1040 g/mol. The Morgan fingerprint density at radius 3 is 1.53 bits per heavy atom. The van der Waals surface area contributed by atoms with Crippen molar-refractivity contribution < 1.29 is 53.4 Å². The van der Waals surface area contributed by atoms with Gasteiger partial charge in [0.15, 0.2) is 0 Å². The normalized spacial score (nSPS) is 14.6. The minimum atomic E-state index is -1.75. The third-order valence-corrected chi connectivity index (χ3v) is 12.6. The number of fused-ring (bicyclic) bond motifs is 2. The number of H-pyrrole nitrogens is 2. The van der Waals surface area contributed by atoms with Gasteiger partial charge >= 0.3 is 5.97 Å². The highest BCUT2D eigenvalue weighted by Crippen LogP contribution is 2.21. The third kappa shape index (κ3) is 15.7. The van der Waals surface area contributed by atoms with E-state index in [-0.39, 0.29) is 36.5 Å². The summed E-state index contributed by atoms with van der Waals surface area (Å²) in [6.07, 6.45) is 2.08. The summed E-state index contributed by atoms with van der Waals surface area (Å²) < 4.78 is 0. The average molecular weight is 1040 g/mol. The predicted octanol–water partition coefficient (Wildman–Crippen LogP) is -0.401. The molecule has 0 saturated carbocycles. The molecule has 0 fully saturated rings. The number of aliphatic carboxylic acids is 1. The summed E-state index contributed by atoms with van der Waals surface area (Å²) in [5.74, 6) is -9.48. The number of hydrogen-bond acceptors (Lipinski definition) is 13. The highest BCUT2D eigenvalue weighted by molar-refractivity contribution is 7.80. The highest BCUT2D eigenvalue weighted by atomic mass is 32.1. The van der Waals surface area contributed by atoms with E-state index in [2.05, 4.69) is 72.4 Å². The van der Waals surface area contributed by atoms with Gasteiger partial charge in [-0.25, -0.2) is 0 Å². The fourth-order valence-electron chi connectivity index (χ4n) is 7.76. The number of rotatable bonds is 26. The minimum Gasteiger partial charge on any atom is -0.508 e. The Balaban J connectivity index is 1.34. The zero-order chi connectivity index (χ0) is 53.5. The van der Waals surface area contributed by atoms with Crippen LogP contribution in [0.5, 0.6) is 5.75 Å². The lowest BCUT2D eigenvalue weighted by atomic mass is 10.00. The number of carboxylic acid groups (broad SMARTS) is 1. The molecule has 73 heavy (non-hydrogen) atoms. The molecule has 0 aliphatic heterocycles. The predicted molar refractivity (Wildman–Crippen MR) is 277 cm³/mol. The van der Waals surface area contributed by atoms with E-state index in [1.807, 2.05) is 24.3 Å². The first-order valence-electron chi connectivity index (χ1n) is 23.2. The Kier molecular flexibility index (Phi) is 20.2. The molecule has 0 aliphatic rings. The molecule has 0 bridgehead atoms. The molecule has 15 N–H and O–H groups in total. The second-order valence-electron chi connectivity index (χ2n) is 17.7. The number of thiol groups is 2. The van der Waals surface area contributed by atoms with Gasteiger partial charge in [-0.2, -0.15) is 25.3 Å². The Bertz CT molecular complexity index is 2800. The maximum absolute atomic E-state index is 14.4. The maximum atomic E-state index is 14.4. The summed E-state index contributed by atoms with van der Waals surface area (Å²) >= 11 is 8.29. The molecule has 8 amide bonds. The largest absolute Gasteiger partial charge is 0.508 e. The van der Waals surface area contributed by atoms with Crippen molar-refractivity contribution in [3.05, 3.63) is 102 Å². The van der Waals surface area contributed by atoms with Crippen LogP contribution in [-0.2, 0) is 62.4 Å². The molecule has 0 spiro atoms. The van der Waals surface area contributed by atoms with Gasteiger partial charge in [-0.15, -0.1) is 0 Å². The van der Waals surface area contributed by atoms with Crippen LogP contribution in [0.2, 0.25) is 0 Å². The summed E-state index contributed by atoms with van der Waals surface area (Å²) in [5.41, 5.74) is 14.7. The summed E-state index contributed by atoms with van der Waals surface area (Å²) in [5, 5.41) is 38.9. The van der Waals surface area contributed by atoms with Gasteiger partial charge in [0.05, 0.1) is 12.5 Å². The number of nitrogens with two attached hydrogens (primary N) is 2. The lowest BCUT2D eigenvalue weighted by Crippen LogP contribution is -2.61. The lowest BCUT2D eigenvalue weighted by molar-refractivity contribution is -0.141. The third-order valence-electron chi connectivity index (χ3n) is 11.9. The zero-order valence-corrected chi connectivity index (χ0v) is 41.9. The first-order chi connectivity index (χ1) is 34.7. The number of aromatic amines is 2. The van der Waals surface area contributed by atoms with Gasteiger partial charge in [-0.3, -0.25) is 43.2 Å². The fourth-order valence-corrected chi connectivity index (χ4v) is 8.18. The quantitative estimate of drug-likeness (QED) is 0.0315. The number of carbonyl (C=O) groups is 9. The number of amides is 8. The van der Waals surface area contributed by atoms with Gasteiger partial charge in [-0.05, 0) is 53.8 Å². The Morgan fingerprint density at radius 2 is 1.01 bits per heavy atom. The van der Waals surface area contributed by atoms with Crippen molar-refractivity contribution in [2.24, 2.45) is 17.4 Å². The fraction of sp³-hybridized carbons (Fsp3) is 0.367. The number of phenols is 1. The van der Waals surface area contributed by atoms with Gasteiger partial charge < -0.3 is 68.9 Å². The van der Waals surface area contributed by atoms with Crippen LogP contribution in [0.4, 0.5) is 0 Å². The van der Waals surface area contributed by atoms with Crippen LogP contribution in [0.3, 0.4) is 0 Å². The van der Waals surface area contributed by atoms with Crippen molar-refractivity contribution in [1.29, 1.82) is 0 Å². The van der Waals surface area contributed by atoms with Gasteiger partial charge in [0.2, 0.25) is 47.3 Å². The van der Waals surface area contributed by atoms with E-state index < -0.39 is 114 Å². The number of phenolic OH excluding ortho intramolecular Hbond substituents is 1. The Morgan fingerprint density at radius 1 is 0.548 bits per heavy atom. The van der Waals surface area contributed by atoms with Crippen molar-refractivity contribution in [3.8, 4) is 5.75 Å². The molecule has 24 heteroatoms. The van der Waals surface area contributed by atoms with Gasteiger partial charge in [0.1, 0.15) is 48.0 Å². The topological polar surface area (TPSA) is 362 Å². The van der Waals surface area contributed by atoms with Gasteiger partial charge in [-0.1, -0.05) is 62.4 Å². The van der Waals surface area contributed by atoms with Crippen molar-refractivity contribution >= 4 is 100 Å². The van der Waals surface area contributed by atoms with Crippen molar-refractivity contribution in [3.63, 3.8) is 0 Å². The van der Waals surface area contributed by atoms with Crippen molar-refractivity contribution in [2.45, 2.75) is 94.8 Å². The number of primary amides is 1. The number of aromatic nitrogens is 2. The van der Waals surface area contributed by atoms with Crippen molar-refractivity contribution in [1.82, 2.24) is 47.2 Å². The number of benzene rings is 3. The maximum Gasteiger partial charge on any atom is 0.305 e. The van der Waals surface area contributed by atoms with E-state index in [4.69, 9.17) is 11.5 Å². The Labute approximate surface area is 430 Å². The molecule has 3 aromatic carbocycles. The number of hydrogen-bond donors (Lipinski definition) is 15. The zero-order valence-electron chi connectivity index (χ0n) is 40.1. The van der Waals surface area contributed by atoms with Crippen molar-refractivity contribution in [2.75, 3.05) is 11.5 Å². The SMILES string of the molecule is CC(C)[C@H](NC(=O)[C@H](Cc1c[nH]c2ccccc12)NC(=O)[C@H](CC(=O)O)NC(=O)[C@H](C)NC(=O)[C@@H](N)CS)C(=O)N[C@@H](CS)C(=O)N[C@@H](Cc1ccc(O)cc1)C(=O)N[C@@H](Cc1c[nH]c2ccccc12)C(N)=O.